The molecular formula is C17H19NO2. The van der Waals surface area contributed by atoms with Gasteiger partial charge in [0, 0.05) is 11.3 Å². The van der Waals surface area contributed by atoms with E-state index in [4.69, 9.17) is 0 Å². The third-order valence-corrected chi connectivity index (χ3v) is 3.49. The van der Waals surface area contributed by atoms with Gasteiger partial charge in [-0.2, -0.15) is 0 Å². The zero-order valence-electron chi connectivity index (χ0n) is 11.8. The molecule has 1 atom stereocenters. The minimum Gasteiger partial charge on any atom is -0.508 e. The quantitative estimate of drug-likeness (QED) is 0.886. The number of phenols is 1. The molecule has 1 amide bonds. The highest BCUT2D eigenvalue weighted by Crippen LogP contribution is 2.26. The molecule has 0 heterocycles. The second kappa shape index (κ2) is 6.24. The monoisotopic (exact) mass is 269 g/mol. The van der Waals surface area contributed by atoms with Gasteiger partial charge in [0.15, 0.2) is 0 Å². The molecule has 2 aromatic carbocycles. The van der Waals surface area contributed by atoms with E-state index in [0.717, 1.165) is 12.0 Å². The number of phenolic OH excluding ortho intramolecular Hbond substituents is 1. The van der Waals surface area contributed by atoms with Crippen LogP contribution in [0.2, 0.25) is 0 Å². The number of amides is 1. The molecule has 2 rings (SSSR count). The first kappa shape index (κ1) is 14.1. The van der Waals surface area contributed by atoms with E-state index in [1.807, 2.05) is 37.3 Å². The van der Waals surface area contributed by atoms with Gasteiger partial charge in [-0.1, -0.05) is 43.3 Å². The number of carbonyl (C=O) groups excluding carboxylic acids is 1. The van der Waals surface area contributed by atoms with Gasteiger partial charge in [0.2, 0.25) is 5.91 Å². The van der Waals surface area contributed by atoms with Crippen LogP contribution in [0.3, 0.4) is 0 Å². The maximum Gasteiger partial charge on any atom is 0.231 e. The molecule has 0 aliphatic carbocycles. The number of rotatable bonds is 4. The number of carbonyl (C=O) groups is 1. The van der Waals surface area contributed by atoms with E-state index in [-0.39, 0.29) is 17.6 Å². The Bertz CT molecular complexity index is 593. The summed E-state index contributed by atoms with van der Waals surface area (Å²) in [5.41, 5.74) is 2.35. The van der Waals surface area contributed by atoms with Crippen LogP contribution < -0.4 is 5.32 Å². The number of hydrogen-bond acceptors (Lipinski definition) is 2. The number of anilines is 1. The lowest BCUT2D eigenvalue weighted by molar-refractivity contribution is -0.117. The Morgan fingerprint density at radius 1 is 1.15 bits per heavy atom. The van der Waals surface area contributed by atoms with E-state index < -0.39 is 0 Å². The third-order valence-electron chi connectivity index (χ3n) is 3.49. The second-order valence-electron chi connectivity index (χ2n) is 4.81. The van der Waals surface area contributed by atoms with E-state index in [2.05, 4.69) is 5.32 Å². The maximum atomic E-state index is 12.4. The summed E-state index contributed by atoms with van der Waals surface area (Å²) in [6.45, 7) is 3.78. The Morgan fingerprint density at radius 2 is 1.85 bits per heavy atom. The van der Waals surface area contributed by atoms with E-state index in [1.54, 1.807) is 25.1 Å². The van der Waals surface area contributed by atoms with E-state index >= 15 is 0 Å². The summed E-state index contributed by atoms with van der Waals surface area (Å²) < 4.78 is 0. The topological polar surface area (TPSA) is 49.3 Å². The first-order valence-corrected chi connectivity index (χ1v) is 6.78. The molecule has 0 aliphatic rings. The minimum absolute atomic E-state index is 0.0487. The van der Waals surface area contributed by atoms with Crippen molar-refractivity contribution in [1.29, 1.82) is 0 Å². The molecule has 0 fully saturated rings. The van der Waals surface area contributed by atoms with Crippen LogP contribution in [-0.4, -0.2) is 11.0 Å². The predicted molar refractivity (Wildman–Crippen MR) is 80.9 cm³/mol. The molecule has 2 N–H and O–H groups in total. The molecule has 0 aromatic heterocycles. The van der Waals surface area contributed by atoms with E-state index in [9.17, 15) is 9.90 Å². The van der Waals surface area contributed by atoms with Crippen LogP contribution in [0.15, 0.2) is 48.5 Å². The lowest BCUT2D eigenvalue weighted by atomic mass is 9.95. The summed E-state index contributed by atoms with van der Waals surface area (Å²) >= 11 is 0. The third kappa shape index (κ3) is 2.99. The normalized spacial score (nSPS) is 11.9. The van der Waals surface area contributed by atoms with Crippen LogP contribution in [0.1, 0.15) is 30.4 Å². The van der Waals surface area contributed by atoms with Crippen LogP contribution in [-0.2, 0) is 4.79 Å². The Kier molecular flexibility index (Phi) is 4.41. The Balaban J connectivity index is 2.20. The number of benzene rings is 2. The van der Waals surface area contributed by atoms with E-state index in [0.29, 0.717) is 11.3 Å². The summed E-state index contributed by atoms with van der Waals surface area (Å²) in [7, 11) is 0. The fourth-order valence-corrected chi connectivity index (χ4v) is 2.24. The first-order chi connectivity index (χ1) is 9.63. The van der Waals surface area contributed by atoms with Gasteiger partial charge in [0.1, 0.15) is 5.75 Å². The zero-order chi connectivity index (χ0) is 14.5. The van der Waals surface area contributed by atoms with Crippen molar-refractivity contribution in [1.82, 2.24) is 0 Å². The minimum atomic E-state index is -0.182. The van der Waals surface area contributed by atoms with Crippen LogP contribution in [0.4, 0.5) is 5.69 Å². The molecule has 0 bridgehead atoms. The van der Waals surface area contributed by atoms with Crippen molar-refractivity contribution in [3.63, 3.8) is 0 Å². The number of aromatic hydroxyl groups is 1. The first-order valence-electron chi connectivity index (χ1n) is 6.78. The van der Waals surface area contributed by atoms with Gasteiger partial charge in [-0.05, 0) is 31.0 Å². The van der Waals surface area contributed by atoms with Crippen molar-refractivity contribution in [2.45, 2.75) is 26.2 Å². The molecule has 0 radical (unpaired) electrons. The van der Waals surface area contributed by atoms with Crippen LogP contribution in [0.5, 0.6) is 5.75 Å². The lowest BCUT2D eigenvalue weighted by Crippen LogP contribution is -2.21. The SMILES string of the molecule is CCC(C(=O)Nc1cccc(O)c1C)c1ccccc1. The second-order valence-corrected chi connectivity index (χ2v) is 4.81. The largest absolute Gasteiger partial charge is 0.508 e. The Hall–Kier alpha value is -2.29. The molecule has 0 saturated heterocycles. The molecule has 3 nitrogen and oxygen atoms in total. The molecule has 0 aliphatic heterocycles. The molecule has 2 aromatic rings. The fraction of sp³-hybridized carbons (Fsp3) is 0.235. The van der Waals surface area contributed by atoms with Gasteiger partial charge >= 0.3 is 0 Å². The Morgan fingerprint density at radius 3 is 2.50 bits per heavy atom. The molecule has 0 saturated carbocycles. The van der Waals surface area contributed by atoms with Gasteiger partial charge in [-0.3, -0.25) is 4.79 Å². The van der Waals surface area contributed by atoms with Crippen LogP contribution in [0, 0.1) is 6.92 Å². The molecule has 20 heavy (non-hydrogen) atoms. The molecular weight excluding hydrogens is 250 g/mol. The summed E-state index contributed by atoms with van der Waals surface area (Å²) in [4.78, 5) is 12.4. The zero-order valence-corrected chi connectivity index (χ0v) is 11.8. The molecule has 1 unspecified atom stereocenters. The fourth-order valence-electron chi connectivity index (χ4n) is 2.24. The van der Waals surface area contributed by atoms with Crippen molar-refractivity contribution >= 4 is 11.6 Å². The van der Waals surface area contributed by atoms with Gasteiger partial charge in [-0.15, -0.1) is 0 Å². The number of hydrogen-bond donors (Lipinski definition) is 2. The summed E-state index contributed by atoms with van der Waals surface area (Å²) in [5.74, 6) is -0.0408. The highest BCUT2D eigenvalue weighted by molar-refractivity contribution is 5.96. The van der Waals surface area contributed by atoms with Crippen molar-refractivity contribution in [2.75, 3.05) is 5.32 Å². The lowest BCUT2D eigenvalue weighted by Gasteiger charge is -2.16. The van der Waals surface area contributed by atoms with Crippen molar-refractivity contribution < 1.29 is 9.90 Å². The number of nitrogens with one attached hydrogen (secondary N) is 1. The Labute approximate surface area is 119 Å². The average molecular weight is 269 g/mol. The molecule has 104 valence electrons. The highest BCUT2D eigenvalue weighted by atomic mass is 16.3. The van der Waals surface area contributed by atoms with Gasteiger partial charge < -0.3 is 10.4 Å². The van der Waals surface area contributed by atoms with Crippen molar-refractivity contribution in [3.8, 4) is 5.75 Å². The van der Waals surface area contributed by atoms with E-state index in [1.165, 1.54) is 0 Å². The summed E-state index contributed by atoms with van der Waals surface area (Å²) in [6, 6.07) is 14.9. The highest BCUT2D eigenvalue weighted by Gasteiger charge is 2.19. The molecule has 0 spiro atoms. The average Bonchev–Trinajstić information content (AvgIpc) is 2.46. The van der Waals surface area contributed by atoms with Crippen LogP contribution in [0.25, 0.3) is 0 Å². The standard InChI is InChI=1S/C17H19NO2/c1-3-14(13-8-5-4-6-9-13)17(20)18-15-10-7-11-16(19)12(15)2/h4-11,14,19H,3H2,1-2H3,(H,18,20). The smallest absolute Gasteiger partial charge is 0.231 e. The van der Waals surface area contributed by atoms with Gasteiger partial charge in [0.25, 0.3) is 0 Å². The maximum absolute atomic E-state index is 12.4. The van der Waals surface area contributed by atoms with Crippen LogP contribution >= 0.6 is 0 Å². The van der Waals surface area contributed by atoms with Gasteiger partial charge in [0.05, 0.1) is 5.92 Å². The summed E-state index contributed by atoms with van der Waals surface area (Å²) in [6.07, 6.45) is 0.730. The van der Waals surface area contributed by atoms with Crippen molar-refractivity contribution in [3.05, 3.63) is 59.7 Å². The molecule has 3 heteroatoms. The predicted octanol–water partition coefficient (Wildman–Crippen LogP) is 3.83. The van der Waals surface area contributed by atoms with Gasteiger partial charge in [-0.25, -0.2) is 0 Å². The summed E-state index contributed by atoms with van der Waals surface area (Å²) in [5, 5.41) is 12.6. The van der Waals surface area contributed by atoms with Crippen molar-refractivity contribution in [2.24, 2.45) is 0 Å².